The molecule has 0 unspecified atom stereocenters. The molecule has 11 heteroatoms. The maximum Gasteiger partial charge on any atom is 0.416 e. The number of halogens is 5. The Kier molecular flexibility index (Phi) is 6.98. The Hall–Kier alpha value is -2.65. The average molecular weight is 436 g/mol. The summed E-state index contributed by atoms with van der Waals surface area (Å²) in [6.45, 7) is 1.41. The molecule has 0 fully saturated rings. The van der Waals surface area contributed by atoms with E-state index in [2.05, 4.69) is 10.7 Å². The highest BCUT2D eigenvalue weighted by Crippen LogP contribution is 2.30. The molecule has 0 aliphatic rings. The minimum absolute atomic E-state index is 0.0983. The van der Waals surface area contributed by atoms with E-state index in [1.54, 1.807) is 0 Å². The first kappa shape index (κ1) is 21.6. The molecule has 28 heavy (non-hydrogen) atoms. The second-order valence-electron chi connectivity index (χ2n) is 5.48. The Morgan fingerprint density at radius 2 is 1.79 bits per heavy atom. The lowest BCUT2D eigenvalue weighted by Gasteiger charge is -2.16. The predicted octanol–water partition coefficient (Wildman–Crippen LogP) is 4.63. The molecule has 0 aromatic heterocycles. The van der Waals surface area contributed by atoms with Crippen LogP contribution in [0.4, 0.5) is 23.7 Å². The number of nitrogens with one attached hydrogen (secondary N) is 3. The molecule has 2 aromatic rings. The van der Waals surface area contributed by atoms with Crippen LogP contribution in [0.2, 0.25) is 10.0 Å². The van der Waals surface area contributed by atoms with Gasteiger partial charge in [0.2, 0.25) is 0 Å². The molecule has 0 bridgehead atoms. The fourth-order valence-electron chi connectivity index (χ4n) is 1.97. The Morgan fingerprint density at radius 3 is 2.43 bits per heavy atom. The zero-order chi connectivity index (χ0) is 20.9. The minimum Gasteiger partial charge on any atom is -0.479 e. The van der Waals surface area contributed by atoms with Gasteiger partial charge in [-0.25, -0.2) is 10.2 Å². The number of hydrogen-bond acceptors (Lipinski definition) is 3. The molecule has 0 saturated heterocycles. The number of anilines is 1. The highest BCUT2D eigenvalue weighted by atomic mass is 35.5. The first-order valence-electron chi connectivity index (χ1n) is 7.72. The van der Waals surface area contributed by atoms with Crippen LogP contribution in [0.25, 0.3) is 0 Å². The van der Waals surface area contributed by atoms with Crippen molar-refractivity contribution in [2.45, 2.75) is 19.2 Å². The molecule has 0 radical (unpaired) electrons. The Labute approximate surface area is 167 Å². The van der Waals surface area contributed by atoms with Gasteiger partial charge in [0.15, 0.2) is 6.10 Å². The van der Waals surface area contributed by atoms with E-state index in [1.807, 2.05) is 5.43 Å². The predicted molar refractivity (Wildman–Crippen MR) is 98.3 cm³/mol. The minimum atomic E-state index is -4.54. The summed E-state index contributed by atoms with van der Waals surface area (Å²) in [4.78, 5) is 23.7. The molecule has 1 atom stereocenters. The maximum atomic E-state index is 12.7. The Morgan fingerprint density at radius 1 is 1.07 bits per heavy atom. The van der Waals surface area contributed by atoms with Crippen molar-refractivity contribution >= 4 is 40.8 Å². The summed E-state index contributed by atoms with van der Waals surface area (Å²) in [5.41, 5.74) is 3.08. The number of ether oxygens (including phenoxy) is 1. The molecule has 6 nitrogen and oxygen atoms in total. The van der Waals surface area contributed by atoms with Crippen LogP contribution in [0, 0.1) is 0 Å². The fourth-order valence-corrected chi connectivity index (χ4v) is 2.42. The summed E-state index contributed by atoms with van der Waals surface area (Å²) in [5, 5.41) is 2.76. The van der Waals surface area contributed by atoms with E-state index in [1.165, 1.54) is 31.2 Å². The maximum absolute atomic E-state index is 12.7. The number of carbonyl (C=O) groups is 2. The first-order chi connectivity index (χ1) is 13.1. The van der Waals surface area contributed by atoms with Crippen molar-refractivity contribution < 1.29 is 27.5 Å². The molecule has 2 rings (SSSR count). The number of benzene rings is 2. The summed E-state index contributed by atoms with van der Waals surface area (Å²) in [6.07, 6.45) is -5.58. The van der Waals surface area contributed by atoms with Gasteiger partial charge in [0.05, 0.1) is 10.6 Å². The van der Waals surface area contributed by atoms with Gasteiger partial charge in [-0.3, -0.25) is 10.2 Å². The Balaban J connectivity index is 1.87. The summed E-state index contributed by atoms with van der Waals surface area (Å²) < 4.78 is 43.4. The van der Waals surface area contributed by atoms with E-state index in [9.17, 15) is 22.8 Å². The SMILES string of the molecule is C[C@H](Oc1ccc(Cl)cc1Cl)C(=O)NNC(=O)Nc1cccc(C(F)(F)F)c1. The third kappa shape index (κ3) is 6.21. The van der Waals surface area contributed by atoms with Gasteiger partial charge in [0.25, 0.3) is 5.91 Å². The van der Waals surface area contributed by atoms with Gasteiger partial charge in [-0.05, 0) is 43.3 Å². The summed E-state index contributed by atoms with van der Waals surface area (Å²) in [6, 6.07) is 7.53. The monoisotopic (exact) mass is 435 g/mol. The fraction of sp³-hybridized carbons (Fsp3) is 0.176. The first-order valence-corrected chi connectivity index (χ1v) is 8.47. The van der Waals surface area contributed by atoms with Crippen molar-refractivity contribution in [3.05, 3.63) is 58.1 Å². The molecule has 2 aromatic carbocycles. The van der Waals surface area contributed by atoms with Crippen molar-refractivity contribution in [1.29, 1.82) is 0 Å². The van der Waals surface area contributed by atoms with Crippen molar-refractivity contribution in [3.63, 3.8) is 0 Å². The second-order valence-corrected chi connectivity index (χ2v) is 6.33. The number of rotatable bonds is 4. The van der Waals surface area contributed by atoms with Gasteiger partial charge in [0, 0.05) is 10.7 Å². The topological polar surface area (TPSA) is 79.5 Å². The van der Waals surface area contributed by atoms with E-state index in [-0.39, 0.29) is 16.5 Å². The molecule has 0 aliphatic heterocycles. The zero-order valence-corrected chi connectivity index (χ0v) is 15.7. The van der Waals surface area contributed by atoms with Crippen LogP contribution >= 0.6 is 23.2 Å². The lowest BCUT2D eigenvalue weighted by Crippen LogP contribution is -2.48. The number of carbonyl (C=O) groups excluding carboxylic acids is 2. The Bertz CT molecular complexity index is 878. The van der Waals surface area contributed by atoms with E-state index >= 15 is 0 Å². The average Bonchev–Trinajstić information content (AvgIpc) is 2.61. The van der Waals surface area contributed by atoms with Crippen LogP contribution in [0.3, 0.4) is 0 Å². The summed E-state index contributed by atoms with van der Waals surface area (Å²) in [5.74, 6) is -0.507. The molecule has 0 saturated carbocycles. The smallest absolute Gasteiger partial charge is 0.416 e. The molecule has 0 spiro atoms. The van der Waals surface area contributed by atoms with Crippen LogP contribution in [0.15, 0.2) is 42.5 Å². The van der Waals surface area contributed by atoms with E-state index in [0.717, 1.165) is 18.2 Å². The van der Waals surface area contributed by atoms with Crippen LogP contribution < -0.4 is 20.9 Å². The number of hydrazine groups is 1. The molecular weight excluding hydrogens is 422 g/mol. The zero-order valence-electron chi connectivity index (χ0n) is 14.2. The van der Waals surface area contributed by atoms with Gasteiger partial charge < -0.3 is 10.1 Å². The van der Waals surface area contributed by atoms with Gasteiger partial charge >= 0.3 is 12.2 Å². The summed E-state index contributed by atoms with van der Waals surface area (Å²) in [7, 11) is 0. The van der Waals surface area contributed by atoms with E-state index in [0.29, 0.717) is 5.02 Å². The lowest BCUT2D eigenvalue weighted by atomic mass is 10.2. The van der Waals surface area contributed by atoms with Gasteiger partial charge in [-0.2, -0.15) is 13.2 Å². The van der Waals surface area contributed by atoms with Gasteiger partial charge in [-0.15, -0.1) is 0 Å². The van der Waals surface area contributed by atoms with E-state index < -0.39 is 29.8 Å². The van der Waals surface area contributed by atoms with Crippen molar-refractivity contribution in [1.82, 2.24) is 10.9 Å². The molecule has 3 amide bonds. The summed E-state index contributed by atoms with van der Waals surface area (Å²) >= 11 is 11.7. The largest absolute Gasteiger partial charge is 0.479 e. The third-order valence-electron chi connectivity index (χ3n) is 3.31. The van der Waals surface area contributed by atoms with Crippen LogP contribution in [-0.4, -0.2) is 18.0 Å². The van der Waals surface area contributed by atoms with Crippen molar-refractivity contribution in [2.75, 3.05) is 5.32 Å². The quantitative estimate of drug-likeness (QED) is 0.612. The van der Waals surface area contributed by atoms with Crippen LogP contribution in [0.5, 0.6) is 5.75 Å². The third-order valence-corrected chi connectivity index (χ3v) is 3.84. The molecule has 0 heterocycles. The molecular formula is C17H14Cl2F3N3O3. The van der Waals surface area contributed by atoms with Crippen molar-refractivity contribution in [3.8, 4) is 5.75 Å². The second kappa shape index (κ2) is 9.03. The van der Waals surface area contributed by atoms with E-state index in [4.69, 9.17) is 27.9 Å². The molecule has 0 aliphatic carbocycles. The van der Waals surface area contributed by atoms with Gasteiger partial charge in [-0.1, -0.05) is 29.3 Å². The number of hydrogen-bond donors (Lipinski definition) is 3. The van der Waals surface area contributed by atoms with Crippen molar-refractivity contribution in [2.24, 2.45) is 0 Å². The van der Waals surface area contributed by atoms with Gasteiger partial charge in [0.1, 0.15) is 5.75 Å². The molecule has 3 N–H and O–H groups in total. The van der Waals surface area contributed by atoms with Crippen LogP contribution in [-0.2, 0) is 11.0 Å². The highest BCUT2D eigenvalue weighted by molar-refractivity contribution is 6.35. The normalized spacial score (nSPS) is 12.1. The molecule has 150 valence electrons. The van der Waals surface area contributed by atoms with Crippen LogP contribution in [0.1, 0.15) is 12.5 Å². The number of alkyl halides is 3. The number of urea groups is 1. The highest BCUT2D eigenvalue weighted by Gasteiger charge is 2.30. The number of amides is 3. The standard InChI is InChI=1S/C17H14Cl2F3N3O3/c1-9(28-14-6-5-11(18)8-13(14)19)15(26)24-25-16(27)23-12-4-2-3-10(7-12)17(20,21)22/h2-9H,1H3,(H,24,26)(H2,23,25,27)/t9-/m0/s1. The lowest BCUT2D eigenvalue weighted by molar-refractivity contribution is -0.137.